The third-order valence-corrected chi connectivity index (χ3v) is 2.57. The molecule has 100 valence electrons. The Kier molecular flexibility index (Phi) is 5.94. The normalized spacial score (nSPS) is 9.32. The molecule has 3 rings (SSSR count). The largest absolute Gasteiger partial charge is 0.254 e. The topological polar surface area (TPSA) is 25.8 Å². The maximum absolute atomic E-state index is 4.54. The van der Waals surface area contributed by atoms with E-state index in [1.165, 1.54) is 0 Å². The first-order chi connectivity index (χ1) is 9.34. The van der Waals surface area contributed by atoms with Gasteiger partial charge in [-0.25, -0.2) is 0 Å². The quantitative estimate of drug-likeness (QED) is 0.519. The number of hydrogen-bond acceptors (Lipinski definition) is 2. The minimum atomic E-state index is 0.985. The molecule has 0 aliphatic rings. The van der Waals surface area contributed by atoms with E-state index < -0.39 is 0 Å². The van der Waals surface area contributed by atoms with Gasteiger partial charge in [0.05, 0.1) is 11.0 Å². The highest BCUT2D eigenvalue weighted by Crippen LogP contribution is 2.21. The molecule has 2 heterocycles. The van der Waals surface area contributed by atoms with E-state index in [1.54, 1.807) is 0 Å². The lowest BCUT2D eigenvalue weighted by atomic mass is 10.1. The molecule has 0 atom stereocenters. The smallest absolute Gasteiger partial charge is 0.0967 e. The Hall–Kier alpha value is -1.96. The van der Waals surface area contributed by atoms with Gasteiger partial charge in [-0.3, -0.25) is 9.97 Å². The number of benzene rings is 1. The van der Waals surface area contributed by atoms with Gasteiger partial charge in [-0.15, -0.1) is 0 Å². The summed E-state index contributed by atoms with van der Waals surface area (Å²) in [5.74, 6) is 0. The Morgan fingerprint density at radius 3 is 2.00 bits per heavy atom. The molecule has 0 saturated carbocycles. The molecule has 2 aromatic heterocycles. The monoisotopic (exact) mass is 254 g/mol. The highest BCUT2D eigenvalue weighted by atomic mass is 14.7. The molecule has 0 fully saturated rings. The molecule has 0 aliphatic carbocycles. The SMILES string of the molecule is CC.CC.Cc1ccc2ccc3cccnc3c2n1. The standard InChI is InChI=1S/C13H10N2.2C2H6/c1-9-4-5-11-7-6-10-3-2-8-14-12(10)13(11)15-9;2*1-2/h2-8H,1H3;2*1-2H3. The van der Waals surface area contributed by atoms with Gasteiger partial charge < -0.3 is 0 Å². The fourth-order valence-electron chi connectivity index (χ4n) is 1.82. The van der Waals surface area contributed by atoms with Gasteiger partial charge in [0, 0.05) is 22.7 Å². The van der Waals surface area contributed by atoms with Crippen LogP contribution in [0.15, 0.2) is 42.6 Å². The third kappa shape index (κ3) is 3.28. The Morgan fingerprint density at radius 1 is 0.737 bits per heavy atom. The zero-order valence-electron chi connectivity index (χ0n) is 12.4. The highest BCUT2D eigenvalue weighted by molar-refractivity contribution is 6.02. The van der Waals surface area contributed by atoms with Crippen molar-refractivity contribution in [1.29, 1.82) is 0 Å². The van der Waals surface area contributed by atoms with Gasteiger partial charge in [0.15, 0.2) is 0 Å². The van der Waals surface area contributed by atoms with Crippen LogP contribution in [0.1, 0.15) is 33.4 Å². The van der Waals surface area contributed by atoms with Crippen LogP contribution < -0.4 is 0 Å². The molecule has 3 aromatic rings. The van der Waals surface area contributed by atoms with Gasteiger partial charge in [0.2, 0.25) is 0 Å². The molecule has 19 heavy (non-hydrogen) atoms. The van der Waals surface area contributed by atoms with Crippen LogP contribution in [0.25, 0.3) is 21.8 Å². The summed E-state index contributed by atoms with van der Waals surface area (Å²) in [6.45, 7) is 10.0. The number of rotatable bonds is 0. The van der Waals surface area contributed by atoms with E-state index in [2.05, 4.69) is 34.2 Å². The molecule has 2 heteroatoms. The van der Waals surface area contributed by atoms with Crippen molar-refractivity contribution >= 4 is 21.8 Å². The van der Waals surface area contributed by atoms with E-state index in [-0.39, 0.29) is 0 Å². The highest BCUT2D eigenvalue weighted by Gasteiger charge is 2.01. The molecule has 0 aliphatic heterocycles. The van der Waals surface area contributed by atoms with E-state index in [0.29, 0.717) is 0 Å². The Bertz CT molecular complexity index is 645. The number of pyridine rings is 2. The molecule has 0 radical (unpaired) electrons. The maximum atomic E-state index is 4.54. The Labute approximate surface area is 115 Å². The number of hydrogen-bond donors (Lipinski definition) is 0. The predicted molar refractivity (Wildman–Crippen MR) is 84.5 cm³/mol. The molecule has 0 bridgehead atoms. The fourth-order valence-corrected chi connectivity index (χ4v) is 1.82. The van der Waals surface area contributed by atoms with Crippen LogP contribution in [0.5, 0.6) is 0 Å². The van der Waals surface area contributed by atoms with Gasteiger partial charge in [-0.05, 0) is 19.1 Å². The molecular weight excluding hydrogens is 232 g/mol. The van der Waals surface area contributed by atoms with Crippen LogP contribution in [0.2, 0.25) is 0 Å². The Morgan fingerprint density at radius 2 is 1.32 bits per heavy atom. The van der Waals surface area contributed by atoms with Crippen LogP contribution in [0, 0.1) is 6.92 Å². The van der Waals surface area contributed by atoms with E-state index in [9.17, 15) is 0 Å². The van der Waals surface area contributed by atoms with Crippen molar-refractivity contribution in [3.8, 4) is 0 Å². The van der Waals surface area contributed by atoms with E-state index >= 15 is 0 Å². The van der Waals surface area contributed by atoms with Crippen LogP contribution in [0.3, 0.4) is 0 Å². The lowest BCUT2D eigenvalue weighted by molar-refractivity contribution is 1.25. The van der Waals surface area contributed by atoms with E-state index in [4.69, 9.17) is 0 Å². The molecular formula is C17H22N2. The molecule has 0 saturated heterocycles. The molecule has 0 spiro atoms. The lowest BCUT2D eigenvalue weighted by Gasteiger charge is -2.02. The second kappa shape index (κ2) is 7.47. The third-order valence-electron chi connectivity index (χ3n) is 2.57. The van der Waals surface area contributed by atoms with E-state index in [0.717, 1.165) is 27.5 Å². The summed E-state index contributed by atoms with van der Waals surface area (Å²) in [6, 6.07) is 12.3. The average molecular weight is 254 g/mol. The van der Waals surface area contributed by atoms with Gasteiger partial charge in [-0.1, -0.05) is 52.0 Å². The van der Waals surface area contributed by atoms with E-state index in [1.807, 2.05) is 52.9 Å². The number of aromatic nitrogens is 2. The summed E-state index contributed by atoms with van der Waals surface area (Å²) in [4.78, 5) is 8.93. The summed E-state index contributed by atoms with van der Waals surface area (Å²) in [7, 11) is 0. The van der Waals surface area contributed by atoms with Crippen molar-refractivity contribution in [2.75, 3.05) is 0 Å². The summed E-state index contributed by atoms with van der Waals surface area (Å²) in [6.07, 6.45) is 1.81. The van der Waals surface area contributed by atoms with Crippen LogP contribution in [0.4, 0.5) is 0 Å². The average Bonchev–Trinajstić information content (AvgIpc) is 2.51. The minimum Gasteiger partial charge on any atom is -0.254 e. The van der Waals surface area contributed by atoms with Crippen LogP contribution in [-0.2, 0) is 0 Å². The number of aryl methyl sites for hydroxylation is 1. The first-order valence-corrected chi connectivity index (χ1v) is 6.96. The second-order valence-electron chi connectivity index (χ2n) is 3.67. The van der Waals surface area contributed by atoms with Gasteiger partial charge in [-0.2, -0.15) is 0 Å². The Balaban J connectivity index is 0.000000415. The fraction of sp³-hybridized carbons (Fsp3) is 0.294. The maximum Gasteiger partial charge on any atom is 0.0967 e. The summed E-state index contributed by atoms with van der Waals surface area (Å²) < 4.78 is 0. The van der Waals surface area contributed by atoms with Crippen LogP contribution in [-0.4, -0.2) is 9.97 Å². The van der Waals surface area contributed by atoms with Gasteiger partial charge in [0.25, 0.3) is 0 Å². The zero-order valence-corrected chi connectivity index (χ0v) is 12.4. The molecule has 1 aromatic carbocycles. The number of nitrogens with zero attached hydrogens (tertiary/aromatic N) is 2. The van der Waals surface area contributed by atoms with Crippen molar-refractivity contribution < 1.29 is 0 Å². The molecule has 0 amide bonds. The van der Waals surface area contributed by atoms with Crippen molar-refractivity contribution in [3.63, 3.8) is 0 Å². The summed E-state index contributed by atoms with van der Waals surface area (Å²) >= 11 is 0. The van der Waals surface area contributed by atoms with Gasteiger partial charge in [0.1, 0.15) is 0 Å². The van der Waals surface area contributed by atoms with Crippen molar-refractivity contribution in [3.05, 3.63) is 48.3 Å². The van der Waals surface area contributed by atoms with Crippen molar-refractivity contribution in [1.82, 2.24) is 9.97 Å². The second-order valence-corrected chi connectivity index (χ2v) is 3.67. The first-order valence-electron chi connectivity index (χ1n) is 6.96. The molecule has 0 unspecified atom stereocenters. The minimum absolute atomic E-state index is 0.985. The summed E-state index contributed by atoms with van der Waals surface area (Å²) in [5.41, 5.74) is 3.01. The van der Waals surface area contributed by atoms with Crippen molar-refractivity contribution in [2.45, 2.75) is 34.6 Å². The molecule has 2 nitrogen and oxygen atoms in total. The van der Waals surface area contributed by atoms with Crippen molar-refractivity contribution in [2.24, 2.45) is 0 Å². The zero-order chi connectivity index (χ0) is 14.3. The first kappa shape index (κ1) is 15.1. The summed E-state index contributed by atoms with van der Waals surface area (Å²) in [5, 5.41) is 2.29. The van der Waals surface area contributed by atoms with Gasteiger partial charge >= 0.3 is 0 Å². The lowest BCUT2D eigenvalue weighted by Crippen LogP contribution is -1.86. The number of fused-ring (bicyclic) bond motifs is 3. The van der Waals surface area contributed by atoms with Crippen LogP contribution >= 0.6 is 0 Å². The molecule has 0 N–H and O–H groups in total. The predicted octanol–water partition coefficient (Wildman–Crippen LogP) is 5.14.